The molecular formula is C26H25F7N2O. The molecule has 0 aliphatic heterocycles. The normalized spacial score (nSPS) is 12.4. The van der Waals surface area contributed by atoms with E-state index in [2.05, 4.69) is 5.10 Å². The van der Waals surface area contributed by atoms with E-state index in [0.717, 1.165) is 22.3 Å². The summed E-state index contributed by atoms with van der Waals surface area (Å²) >= 11 is 0. The number of ketones is 1. The maximum Gasteiger partial charge on any atom is 0.422 e. The Balaban J connectivity index is 2.10. The number of carbonyl (C=O) groups is 1. The number of alkyl halides is 3. The number of carbonyl (C=O) groups excluding carboxylic acids is 1. The second-order valence-electron chi connectivity index (χ2n) is 9.91. The van der Waals surface area contributed by atoms with Crippen LogP contribution in [0.4, 0.5) is 30.7 Å². The summed E-state index contributed by atoms with van der Waals surface area (Å²) in [5.41, 5.74) is -0.542. The van der Waals surface area contributed by atoms with Crippen molar-refractivity contribution in [2.24, 2.45) is 0 Å². The van der Waals surface area contributed by atoms with Crippen molar-refractivity contribution >= 4 is 5.78 Å². The molecule has 0 aliphatic carbocycles. The van der Waals surface area contributed by atoms with Gasteiger partial charge in [-0.05, 0) is 43.5 Å². The van der Waals surface area contributed by atoms with E-state index in [-0.39, 0.29) is 12.2 Å². The highest BCUT2D eigenvalue weighted by Gasteiger charge is 2.42. The number of Topliss-reactive ketones (excluding diaryl/α,β-unsaturated/α-hetero) is 1. The van der Waals surface area contributed by atoms with Gasteiger partial charge in [0.05, 0.1) is 12.2 Å². The average Bonchev–Trinajstić information content (AvgIpc) is 3.16. The average molecular weight is 514 g/mol. The quantitative estimate of drug-likeness (QED) is 0.206. The molecule has 0 N–H and O–H groups in total. The lowest BCUT2D eigenvalue weighted by molar-refractivity contribution is -0.143. The van der Waals surface area contributed by atoms with E-state index in [4.69, 9.17) is 0 Å². The molecule has 10 heteroatoms. The summed E-state index contributed by atoms with van der Waals surface area (Å²) < 4.78 is 97.1. The minimum absolute atomic E-state index is 0.0983. The monoisotopic (exact) mass is 514 g/mol. The second-order valence-corrected chi connectivity index (χ2v) is 9.91. The van der Waals surface area contributed by atoms with Crippen LogP contribution in [-0.2, 0) is 24.6 Å². The van der Waals surface area contributed by atoms with Gasteiger partial charge in [0, 0.05) is 17.4 Å². The molecule has 0 saturated heterocycles. The SMILES string of the molecule is Cc1cc(C)c(Cn2nc(C(C)(C)C)cc2C(=O)Cc2c(F)c(F)c(C(F)(F)F)c(F)c2F)c(C)c1. The number of rotatable bonds is 5. The highest BCUT2D eigenvalue weighted by molar-refractivity contribution is 5.96. The molecule has 0 aliphatic rings. The Hall–Kier alpha value is -3.17. The molecular weight excluding hydrogens is 489 g/mol. The first-order chi connectivity index (χ1) is 16.4. The Morgan fingerprint density at radius 3 is 1.78 bits per heavy atom. The number of halogens is 7. The van der Waals surface area contributed by atoms with Crippen LogP contribution in [0.2, 0.25) is 0 Å². The third kappa shape index (κ3) is 5.17. The summed E-state index contributed by atoms with van der Waals surface area (Å²) in [4.78, 5) is 13.1. The first-order valence-electron chi connectivity index (χ1n) is 11.0. The molecule has 2 aromatic carbocycles. The predicted octanol–water partition coefficient (Wildman–Crippen LogP) is 7.15. The molecule has 0 bridgehead atoms. The fourth-order valence-electron chi connectivity index (χ4n) is 4.07. The molecule has 3 rings (SSSR count). The van der Waals surface area contributed by atoms with Gasteiger partial charge < -0.3 is 0 Å². The number of aryl methyl sites for hydroxylation is 3. The van der Waals surface area contributed by atoms with Crippen LogP contribution in [0.5, 0.6) is 0 Å². The van der Waals surface area contributed by atoms with Crippen molar-refractivity contribution in [2.75, 3.05) is 0 Å². The largest absolute Gasteiger partial charge is 0.422 e. The van der Waals surface area contributed by atoms with Gasteiger partial charge >= 0.3 is 6.18 Å². The lowest BCUT2D eigenvalue weighted by Crippen LogP contribution is -2.20. The van der Waals surface area contributed by atoms with Crippen LogP contribution in [0, 0.1) is 44.0 Å². The highest BCUT2D eigenvalue weighted by atomic mass is 19.4. The third-order valence-electron chi connectivity index (χ3n) is 5.96. The molecule has 36 heavy (non-hydrogen) atoms. The lowest BCUT2D eigenvalue weighted by atomic mass is 9.92. The van der Waals surface area contributed by atoms with Gasteiger partial charge in [-0.15, -0.1) is 0 Å². The van der Waals surface area contributed by atoms with Crippen LogP contribution in [0.1, 0.15) is 70.3 Å². The van der Waals surface area contributed by atoms with Crippen molar-refractivity contribution in [1.29, 1.82) is 0 Å². The molecule has 1 aromatic heterocycles. The first kappa shape index (κ1) is 27.4. The Labute approximate surface area is 203 Å². The zero-order chi connectivity index (χ0) is 27.3. The van der Waals surface area contributed by atoms with Crippen LogP contribution in [0.3, 0.4) is 0 Å². The maximum atomic E-state index is 14.4. The number of hydrogen-bond acceptors (Lipinski definition) is 2. The topological polar surface area (TPSA) is 34.9 Å². The van der Waals surface area contributed by atoms with E-state index in [9.17, 15) is 35.5 Å². The number of benzene rings is 2. The molecule has 0 atom stereocenters. The van der Waals surface area contributed by atoms with E-state index in [0.29, 0.717) is 5.69 Å². The zero-order valence-electron chi connectivity index (χ0n) is 20.6. The zero-order valence-corrected chi connectivity index (χ0v) is 20.6. The molecule has 0 radical (unpaired) electrons. The molecule has 0 amide bonds. The van der Waals surface area contributed by atoms with Crippen molar-refractivity contribution in [3.05, 3.63) is 86.2 Å². The molecule has 1 heterocycles. The van der Waals surface area contributed by atoms with Gasteiger partial charge in [-0.2, -0.15) is 18.3 Å². The first-order valence-corrected chi connectivity index (χ1v) is 11.0. The molecule has 194 valence electrons. The molecule has 3 nitrogen and oxygen atoms in total. The van der Waals surface area contributed by atoms with Gasteiger partial charge in [-0.1, -0.05) is 38.5 Å². The van der Waals surface area contributed by atoms with Crippen LogP contribution < -0.4 is 0 Å². The van der Waals surface area contributed by atoms with E-state index in [1.807, 2.05) is 53.7 Å². The fraction of sp³-hybridized carbons (Fsp3) is 0.385. The predicted molar refractivity (Wildman–Crippen MR) is 120 cm³/mol. The Morgan fingerprint density at radius 1 is 0.833 bits per heavy atom. The van der Waals surface area contributed by atoms with E-state index in [1.54, 1.807) is 0 Å². The third-order valence-corrected chi connectivity index (χ3v) is 5.96. The second kappa shape index (κ2) is 9.37. The lowest BCUT2D eigenvalue weighted by Gasteiger charge is -2.15. The Kier molecular flexibility index (Phi) is 7.13. The number of nitrogens with zero attached hydrogens (tertiary/aromatic N) is 2. The van der Waals surface area contributed by atoms with Crippen LogP contribution >= 0.6 is 0 Å². The maximum absolute atomic E-state index is 14.4. The standard InChI is InChI=1S/C26H25F7N2O/c1-12-7-13(2)16(14(3)8-12)11-35-17(10-19(34-35)25(4,5)6)18(36)9-15-21(27)23(29)20(26(31,32)33)24(30)22(15)28/h7-8,10H,9,11H2,1-6H3. The molecule has 0 saturated carbocycles. The molecule has 0 spiro atoms. The highest BCUT2D eigenvalue weighted by Crippen LogP contribution is 2.37. The van der Waals surface area contributed by atoms with Gasteiger partial charge in [0.25, 0.3) is 0 Å². The van der Waals surface area contributed by atoms with Gasteiger partial charge in [0.2, 0.25) is 0 Å². The van der Waals surface area contributed by atoms with Gasteiger partial charge in [-0.25, -0.2) is 17.6 Å². The van der Waals surface area contributed by atoms with Crippen LogP contribution in [0.15, 0.2) is 18.2 Å². The van der Waals surface area contributed by atoms with Crippen molar-refractivity contribution < 1.29 is 35.5 Å². The minimum Gasteiger partial charge on any atom is -0.292 e. The van der Waals surface area contributed by atoms with E-state index in [1.165, 1.54) is 10.7 Å². The van der Waals surface area contributed by atoms with Crippen molar-refractivity contribution in [1.82, 2.24) is 9.78 Å². The summed E-state index contributed by atoms with van der Waals surface area (Å²) in [6.07, 6.45) is -6.87. The minimum atomic E-state index is -5.66. The van der Waals surface area contributed by atoms with Crippen LogP contribution in [0.25, 0.3) is 0 Å². The summed E-state index contributed by atoms with van der Waals surface area (Å²) in [6.45, 7) is 11.3. The fourth-order valence-corrected chi connectivity index (χ4v) is 4.07. The Morgan fingerprint density at radius 2 is 1.33 bits per heavy atom. The Bertz CT molecular complexity index is 1300. The van der Waals surface area contributed by atoms with E-state index < -0.39 is 58.2 Å². The summed E-state index contributed by atoms with van der Waals surface area (Å²) in [5.74, 6) is -10.7. The summed E-state index contributed by atoms with van der Waals surface area (Å²) in [7, 11) is 0. The summed E-state index contributed by atoms with van der Waals surface area (Å²) in [5, 5.41) is 4.48. The number of aromatic nitrogens is 2. The smallest absolute Gasteiger partial charge is 0.292 e. The van der Waals surface area contributed by atoms with Crippen molar-refractivity contribution in [3.8, 4) is 0 Å². The van der Waals surface area contributed by atoms with Crippen molar-refractivity contribution in [2.45, 2.75) is 66.1 Å². The summed E-state index contributed by atoms with van der Waals surface area (Å²) in [6, 6.07) is 5.29. The molecule has 0 fully saturated rings. The molecule has 0 unspecified atom stereocenters. The number of hydrogen-bond donors (Lipinski definition) is 0. The van der Waals surface area contributed by atoms with E-state index >= 15 is 0 Å². The van der Waals surface area contributed by atoms with Gasteiger partial charge in [-0.3, -0.25) is 9.48 Å². The van der Waals surface area contributed by atoms with Gasteiger partial charge in [0.1, 0.15) is 11.3 Å². The van der Waals surface area contributed by atoms with Gasteiger partial charge in [0.15, 0.2) is 29.1 Å². The van der Waals surface area contributed by atoms with Crippen LogP contribution in [-0.4, -0.2) is 15.6 Å². The molecule has 3 aromatic rings. The van der Waals surface area contributed by atoms with Crippen molar-refractivity contribution in [3.63, 3.8) is 0 Å².